The number of thioether (sulfide) groups is 1. The number of halogens is 2. The standard InChI is InChI=1S/C21H18ClFN4O5S2/c1-24-16-7-11-8-18(28)27(20(29)13(11)10-14(16)22)17-5-4-12(9-15(17)23)25-21(30)26-34(31,32)19-3-2-6-33-19/h3-5,7,9-10,24H,2,6,8H2,1H3,(H2,25,26,30). The Morgan fingerprint density at radius 2 is 1.97 bits per heavy atom. The number of urea groups is 1. The number of nitrogens with zero attached hydrogens (tertiary/aromatic N) is 1. The van der Waals surface area contributed by atoms with Gasteiger partial charge in [0.15, 0.2) is 0 Å². The zero-order chi connectivity index (χ0) is 24.6. The fourth-order valence-corrected chi connectivity index (χ4v) is 6.21. The van der Waals surface area contributed by atoms with E-state index < -0.39 is 33.7 Å². The molecule has 178 valence electrons. The summed E-state index contributed by atoms with van der Waals surface area (Å²) in [5, 5.41) is 5.38. The Morgan fingerprint density at radius 1 is 1.21 bits per heavy atom. The second-order valence-electron chi connectivity index (χ2n) is 7.34. The van der Waals surface area contributed by atoms with Crippen molar-refractivity contribution in [1.82, 2.24) is 4.72 Å². The number of imide groups is 1. The van der Waals surface area contributed by atoms with Crippen molar-refractivity contribution in [3.05, 3.63) is 62.6 Å². The number of rotatable bonds is 5. The summed E-state index contributed by atoms with van der Waals surface area (Å²) in [5.41, 5.74) is 0.821. The van der Waals surface area contributed by atoms with Gasteiger partial charge in [0.05, 0.1) is 22.8 Å². The van der Waals surface area contributed by atoms with Crippen LogP contribution in [0.1, 0.15) is 22.3 Å². The van der Waals surface area contributed by atoms with Crippen LogP contribution >= 0.6 is 23.4 Å². The summed E-state index contributed by atoms with van der Waals surface area (Å²) >= 11 is 7.26. The average Bonchev–Trinajstić information content (AvgIpc) is 3.31. The van der Waals surface area contributed by atoms with E-state index in [2.05, 4.69) is 10.6 Å². The smallest absolute Gasteiger partial charge is 0.333 e. The molecule has 0 aliphatic carbocycles. The molecular weight excluding hydrogens is 507 g/mol. The van der Waals surface area contributed by atoms with Crippen LogP contribution in [-0.4, -0.2) is 39.1 Å². The Hall–Kier alpha value is -3.09. The second kappa shape index (κ2) is 9.28. The second-order valence-corrected chi connectivity index (χ2v) is 10.8. The van der Waals surface area contributed by atoms with Crippen LogP contribution in [0.2, 0.25) is 5.02 Å². The van der Waals surface area contributed by atoms with Gasteiger partial charge in [-0.25, -0.2) is 27.2 Å². The molecule has 34 heavy (non-hydrogen) atoms. The Morgan fingerprint density at radius 3 is 2.62 bits per heavy atom. The van der Waals surface area contributed by atoms with E-state index in [1.54, 1.807) is 13.1 Å². The van der Waals surface area contributed by atoms with E-state index >= 15 is 0 Å². The Bertz CT molecular complexity index is 1360. The zero-order valence-corrected chi connectivity index (χ0v) is 20.0. The van der Waals surface area contributed by atoms with Crippen molar-refractivity contribution in [2.24, 2.45) is 0 Å². The quantitative estimate of drug-likeness (QED) is 0.509. The van der Waals surface area contributed by atoms with Crippen LogP contribution in [0.25, 0.3) is 0 Å². The summed E-state index contributed by atoms with van der Waals surface area (Å²) in [7, 11) is -2.36. The van der Waals surface area contributed by atoms with Crippen LogP contribution in [0, 0.1) is 5.82 Å². The van der Waals surface area contributed by atoms with Crippen LogP contribution in [-0.2, 0) is 21.2 Å². The molecule has 4 amide bonds. The first-order valence-electron chi connectivity index (χ1n) is 9.94. The van der Waals surface area contributed by atoms with Gasteiger partial charge in [0.25, 0.3) is 15.9 Å². The third kappa shape index (κ3) is 4.61. The van der Waals surface area contributed by atoms with E-state index in [1.807, 2.05) is 4.72 Å². The Kier molecular flexibility index (Phi) is 6.56. The maximum atomic E-state index is 14.9. The Labute approximate surface area is 203 Å². The highest BCUT2D eigenvalue weighted by atomic mass is 35.5. The van der Waals surface area contributed by atoms with Crippen molar-refractivity contribution in [3.8, 4) is 0 Å². The first-order valence-corrected chi connectivity index (χ1v) is 12.8. The normalized spacial score (nSPS) is 15.6. The fraction of sp³-hybridized carbons (Fsp3) is 0.190. The van der Waals surface area contributed by atoms with Crippen molar-refractivity contribution >= 4 is 68.3 Å². The van der Waals surface area contributed by atoms with E-state index in [4.69, 9.17) is 11.6 Å². The maximum absolute atomic E-state index is 14.9. The van der Waals surface area contributed by atoms with Crippen LogP contribution in [0.3, 0.4) is 0 Å². The van der Waals surface area contributed by atoms with Crippen LogP contribution < -0.4 is 20.3 Å². The van der Waals surface area contributed by atoms with Crippen LogP contribution in [0.5, 0.6) is 0 Å². The molecule has 4 rings (SSSR count). The minimum absolute atomic E-state index is 0.0496. The highest BCUT2D eigenvalue weighted by Crippen LogP contribution is 2.33. The van der Waals surface area contributed by atoms with Gasteiger partial charge >= 0.3 is 6.03 Å². The van der Waals surface area contributed by atoms with E-state index in [9.17, 15) is 27.2 Å². The lowest BCUT2D eigenvalue weighted by molar-refractivity contribution is -0.117. The highest BCUT2D eigenvalue weighted by Gasteiger charge is 2.34. The Balaban J connectivity index is 1.54. The number of nitrogens with one attached hydrogen (secondary N) is 3. The molecule has 0 saturated carbocycles. The first-order chi connectivity index (χ1) is 16.1. The number of carbonyl (C=O) groups excluding carboxylic acids is 3. The zero-order valence-electron chi connectivity index (χ0n) is 17.6. The predicted molar refractivity (Wildman–Crippen MR) is 129 cm³/mol. The van der Waals surface area contributed by atoms with Crippen LogP contribution in [0.4, 0.5) is 26.2 Å². The number of fused-ring (bicyclic) bond motifs is 1. The van der Waals surface area contributed by atoms with Gasteiger partial charge in [-0.2, -0.15) is 0 Å². The summed E-state index contributed by atoms with van der Waals surface area (Å²) in [6.45, 7) is 0. The van der Waals surface area contributed by atoms with Crippen molar-refractivity contribution in [2.75, 3.05) is 28.3 Å². The van der Waals surface area contributed by atoms with Crippen molar-refractivity contribution in [2.45, 2.75) is 12.8 Å². The molecule has 0 atom stereocenters. The first kappa shape index (κ1) is 24.0. The summed E-state index contributed by atoms with van der Waals surface area (Å²) in [5.74, 6) is -1.72. The number of anilines is 3. The number of allylic oxidation sites excluding steroid dienone is 1. The number of carbonyl (C=O) groups is 3. The van der Waals surface area contributed by atoms with E-state index in [-0.39, 0.29) is 32.6 Å². The third-order valence-corrected chi connectivity index (χ3v) is 8.46. The topological polar surface area (TPSA) is 125 Å². The molecule has 0 aromatic heterocycles. The number of amides is 4. The molecule has 3 N–H and O–H groups in total. The number of hydrogen-bond donors (Lipinski definition) is 3. The molecule has 0 bridgehead atoms. The largest absolute Gasteiger partial charge is 0.387 e. The van der Waals surface area contributed by atoms with Crippen molar-refractivity contribution < 1.29 is 27.2 Å². The molecule has 2 aromatic carbocycles. The van der Waals surface area contributed by atoms with Crippen molar-refractivity contribution in [1.29, 1.82) is 0 Å². The lowest BCUT2D eigenvalue weighted by Gasteiger charge is -2.28. The van der Waals surface area contributed by atoms with E-state index in [0.29, 0.717) is 28.3 Å². The average molecular weight is 525 g/mol. The number of benzene rings is 2. The van der Waals surface area contributed by atoms with E-state index in [0.717, 1.165) is 23.9 Å². The minimum atomic E-state index is -4.01. The van der Waals surface area contributed by atoms with Gasteiger partial charge in [0, 0.05) is 24.1 Å². The third-order valence-electron chi connectivity index (χ3n) is 5.10. The summed E-state index contributed by atoms with van der Waals surface area (Å²) < 4.78 is 41.1. The molecule has 13 heteroatoms. The van der Waals surface area contributed by atoms with E-state index in [1.165, 1.54) is 18.2 Å². The molecule has 2 aliphatic rings. The van der Waals surface area contributed by atoms with Gasteiger partial charge in [-0.05, 0) is 42.3 Å². The molecule has 0 fully saturated rings. The minimum Gasteiger partial charge on any atom is -0.387 e. The summed E-state index contributed by atoms with van der Waals surface area (Å²) in [6.07, 6.45) is 1.95. The molecule has 0 saturated heterocycles. The maximum Gasteiger partial charge on any atom is 0.333 e. The molecule has 2 aromatic rings. The molecule has 0 radical (unpaired) electrons. The number of hydrogen-bond acceptors (Lipinski definition) is 7. The van der Waals surface area contributed by atoms with Gasteiger partial charge in [0.2, 0.25) is 5.91 Å². The molecule has 9 nitrogen and oxygen atoms in total. The van der Waals surface area contributed by atoms with Gasteiger partial charge in [0.1, 0.15) is 10.1 Å². The predicted octanol–water partition coefficient (Wildman–Crippen LogP) is 3.68. The lowest BCUT2D eigenvalue weighted by atomic mass is 9.97. The van der Waals surface area contributed by atoms with Gasteiger partial charge in [-0.15, -0.1) is 11.8 Å². The lowest BCUT2D eigenvalue weighted by Crippen LogP contribution is -2.43. The number of sulfonamides is 1. The molecule has 2 heterocycles. The summed E-state index contributed by atoms with van der Waals surface area (Å²) in [6, 6.07) is 5.23. The van der Waals surface area contributed by atoms with Gasteiger partial charge < -0.3 is 10.6 Å². The SMILES string of the molecule is CNc1cc2c(cc1Cl)C(=O)N(c1ccc(NC(=O)NS(=O)(=O)C3=CCCS3)cc1F)C(=O)C2. The van der Waals surface area contributed by atoms with Crippen LogP contribution in [0.15, 0.2) is 40.6 Å². The molecule has 2 aliphatic heterocycles. The van der Waals surface area contributed by atoms with Crippen molar-refractivity contribution in [3.63, 3.8) is 0 Å². The van der Waals surface area contributed by atoms with Gasteiger partial charge in [-0.1, -0.05) is 17.7 Å². The van der Waals surface area contributed by atoms with Gasteiger partial charge in [-0.3, -0.25) is 9.59 Å². The monoisotopic (exact) mass is 524 g/mol. The summed E-state index contributed by atoms with van der Waals surface area (Å²) in [4.78, 5) is 38.5. The molecule has 0 unspecified atom stereocenters. The fourth-order valence-electron chi connectivity index (χ4n) is 3.55. The molecule has 0 spiro atoms. The highest BCUT2D eigenvalue weighted by molar-refractivity contribution is 8.18. The molecular formula is C21H18ClFN4O5S2.